The Balaban J connectivity index is 1.12. The number of piperidine rings is 1. The van der Waals surface area contributed by atoms with Crippen molar-refractivity contribution < 1.29 is 32.9 Å². The van der Waals surface area contributed by atoms with Crippen LogP contribution >= 0.6 is 0 Å². The Kier molecular flexibility index (Phi) is 9.35. The Hall–Kier alpha value is -4.65. The first-order chi connectivity index (χ1) is 22.6. The predicted octanol–water partition coefficient (Wildman–Crippen LogP) is 2.68. The fourth-order valence-electron chi connectivity index (χ4n) is 5.92. The quantitative estimate of drug-likeness (QED) is 0.351. The zero-order valence-electron chi connectivity index (χ0n) is 26.1. The molecule has 3 aromatic rings. The molecule has 47 heavy (non-hydrogen) atoms. The van der Waals surface area contributed by atoms with Crippen molar-refractivity contribution in [3.63, 3.8) is 0 Å². The molecule has 6 rings (SSSR count). The number of aliphatic hydroxyl groups is 1. The highest BCUT2D eigenvalue weighted by Gasteiger charge is 2.48. The van der Waals surface area contributed by atoms with E-state index in [9.17, 15) is 23.9 Å². The average molecular weight is 651 g/mol. The van der Waals surface area contributed by atoms with Gasteiger partial charge in [-0.3, -0.25) is 9.69 Å². The van der Waals surface area contributed by atoms with Crippen LogP contribution in [0.4, 0.5) is 26.1 Å². The third kappa shape index (κ3) is 7.04. The highest BCUT2D eigenvalue weighted by atomic mass is 19.3. The first-order valence-electron chi connectivity index (χ1n) is 15.4. The number of halogens is 2. The van der Waals surface area contributed by atoms with Gasteiger partial charge in [0.15, 0.2) is 6.10 Å². The Morgan fingerprint density at radius 2 is 1.91 bits per heavy atom. The molecule has 3 fully saturated rings. The van der Waals surface area contributed by atoms with Crippen molar-refractivity contribution in [2.24, 2.45) is 0 Å². The van der Waals surface area contributed by atoms with Gasteiger partial charge in [0.25, 0.3) is 5.91 Å². The number of nitrogens with zero attached hydrogens (tertiary/aromatic N) is 7. The van der Waals surface area contributed by atoms with Crippen LogP contribution in [0.15, 0.2) is 42.7 Å². The molecule has 1 unspecified atom stereocenters. The van der Waals surface area contributed by atoms with Crippen LogP contribution in [0.25, 0.3) is 11.3 Å². The lowest BCUT2D eigenvalue weighted by Crippen LogP contribution is -2.56. The number of amides is 1. The second kappa shape index (κ2) is 13.6. The molecular weight excluding hydrogens is 614 g/mol. The second-order valence-electron chi connectivity index (χ2n) is 11.8. The number of aromatic nitrogens is 3. The second-order valence-corrected chi connectivity index (χ2v) is 11.8. The lowest BCUT2D eigenvalue weighted by molar-refractivity contribution is -0.165. The molecule has 0 bridgehead atoms. The summed E-state index contributed by atoms with van der Waals surface area (Å²) in [5, 5.41) is 22.5. The molecule has 2 aromatic heterocycles. The van der Waals surface area contributed by atoms with Gasteiger partial charge in [0.05, 0.1) is 44.2 Å². The summed E-state index contributed by atoms with van der Waals surface area (Å²) in [5.74, 6) is -2.69. The number of nitrogens with one attached hydrogen (secondary N) is 1. The Morgan fingerprint density at radius 1 is 1.13 bits per heavy atom. The van der Waals surface area contributed by atoms with Crippen LogP contribution in [-0.4, -0.2) is 120 Å². The van der Waals surface area contributed by atoms with Crippen molar-refractivity contribution in [2.75, 3.05) is 69.8 Å². The van der Waals surface area contributed by atoms with Crippen molar-refractivity contribution in [3.05, 3.63) is 48.3 Å². The zero-order valence-corrected chi connectivity index (χ0v) is 26.1. The number of alkyl halides is 2. The van der Waals surface area contributed by atoms with Crippen molar-refractivity contribution in [3.8, 4) is 29.0 Å². The first-order valence-corrected chi connectivity index (χ1v) is 15.4. The maximum Gasteiger partial charge on any atom is 0.301 e. The summed E-state index contributed by atoms with van der Waals surface area (Å²) in [6.07, 6.45) is -1.71. The summed E-state index contributed by atoms with van der Waals surface area (Å²) in [7, 11) is 1.59. The molecule has 1 amide bonds. The van der Waals surface area contributed by atoms with Crippen LogP contribution in [0.3, 0.4) is 0 Å². The third-order valence-electron chi connectivity index (χ3n) is 8.62. The summed E-state index contributed by atoms with van der Waals surface area (Å²) in [4.78, 5) is 30.9. The number of hydrogen-bond acceptors (Lipinski definition) is 12. The number of carbonyl (C=O) groups is 1. The van der Waals surface area contributed by atoms with Crippen molar-refractivity contribution in [2.45, 2.75) is 37.5 Å². The lowest BCUT2D eigenvalue weighted by Gasteiger charge is -2.43. The molecule has 1 aromatic carbocycles. The van der Waals surface area contributed by atoms with E-state index in [-0.39, 0.29) is 24.3 Å². The van der Waals surface area contributed by atoms with E-state index < -0.39 is 30.6 Å². The first kappa shape index (κ1) is 32.3. The number of benzene rings is 1. The smallest absolute Gasteiger partial charge is 0.301 e. The van der Waals surface area contributed by atoms with Gasteiger partial charge < -0.3 is 34.4 Å². The van der Waals surface area contributed by atoms with Crippen LogP contribution in [-0.2, 0) is 9.53 Å². The topological polar surface area (TPSA) is 149 Å². The van der Waals surface area contributed by atoms with E-state index in [4.69, 9.17) is 14.2 Å². The monoisotopic (exact) mass is 650 g/mol. The van der Waals surface area contributed by atoms with E-state index in [1.807, 2.05) is 18.2 Å². The van der Waals surface area contributed by atoms with E-state index in [0.717, 1.165) is 50.0 Å². The maximum absolute atomic E-state index is 14.9. The molecule has 0 spiro atoms. The minimum Gasteiger partial charge on any atom is -0.483 e. The summed E-state index contributed by atoms with van der Waals surface area (Å²) in [5.41, 5.74) is 2.00. The summed E-state index contributed by atoms with van der Waals surface area (Å²) in [6, 6.07) is 12.6. The Labute approximate surface area is 270 Å². The van der Waals surface area contributed by atoms with E-state index in [0.29, 0.717) is 34.8 Å². The van der Waals surface area contributed by atoms with Gasteiger partial charge in [-0.1, -0.05) is 0 Å². The fourth-order valence-corrected chi connectivity index (χ4v) is 5.92. The fraction of sp³-hybridized carbons (Fsp3) is 0.469. The number of pyridine rings is 1. The average Bonchev–Trinajstić information content (AvgIpc) is 3.05. The van der Waals surface area contributed by atoms with Crippen LogP contribution in [0.2, 0.25) is 0 Å². The molecule has 0 radical (unpaired) electrons. The van der Waals surface area contributed by atoms with Gasteiger partial charge in [-0.15, -0.1) is 0 Å². The maximum atomic E-state index is 14.9. The number of hydrogen-bond donors (Lipinski definition) is 2. The minimum atomic E-state index is -3.38. The van der Waals surface area contributed by atoms with Crippen molar-refractivity contribution >= 4 is 23.2 Å². The standard InChI is InChI=1S/C32H36F2N8O5/c1-20(43)31(44)42-8-7-27(32(33,34)18-42)47-26-5-3-21(13-22(26)15-35)24-14-29(37-19-36-24)38-28-6-4-25(30(39-28)45-2)41-11-9-40(10-12-41)23-16-46-17-23/h3-6,13-14,19-20,23,27,43H,7-12,16-18H2,1-2H3,(H,36,37,38,39)/t20-,27?/m1/s1. The number of ether oxygens (including phenoxy) is 3. The number of carbonyl (C=O) groups excluding carboxylic acids is 1. The predicted molar refractivity (Wildman–Crippen MR) is 167 cm³/mol. The molecule has 248 valence electrons. The van der Waals surface area contributed by atoms with Gasteiger partial charge in [-0.2, -0.15) is 10.2 Å². The van der Waals surface area contributed by atoms with Gasteiger partial charge in [-0.05, 0) is 37.3 Å². The minimum absolute atomic E-state index is 0.00140. The van der Waals surface area contributed by atoms with E-state index in [1.54, 1.807) is 19.2 Å². The normalized spacial score (nSPS) is 20.6. The lowest BCUT2D eigenvalue weighted by atomic mass is 10.0. The van der Waals surface area contributed by atoms with Crippen molar-refractivity contribution in [1.82, 2.24) is 24.8 Å². The van der Waals surface area contributed by atoms with Gasteiger partial charge in [0, 0.05) is 50.8 Å². The van der Waals surface area contributed by atoms with Crippen LogP contribution in [0.1, 0.15) is 18.9 Å². The van der Waals surface area contributed by atoms with E-state index in [1.165, 1.54) is 25.4 Å². The Bertz CT molecular complexity index is 1640. The summed E-state index contributed by atoms with van der Waals surface area (Å²) < 4.78 is 46.4. The largest absolute Gasteiger partial charge is 0.483 e. The molecular formula is C32H36F2N8O5. The molecule has 0 aliphatic carbocycles. The SMILES string of the molecule is COc1nc(Nc2cc(-c3ccc(OC4CCN(C(=O)[C@@H](C)O)CC4(F)F)c(C#N)c3)ncn2)ccc1N1CCN(C2COC2)CC1. The highest BCUT2D eigenvalue weighted by Crippen LogP contribution is 2.35. The number of likely N-dealkylation sites (tertiary alicyclic amines) is 1. The van der Waals surface area contributed by atoms with Gasteiger partial charge in [-0.25, -0.2) is 18.7 Å². The van der Waals surface area contributed by atoms with E-state index in [2.05, 4.69) is 30.1 Å². The molecule has 3 saturated heterocycles. The molecule has 2 N–H and O–H groups in total. The summed E-state index contributed by atoms with van der Waals surface area (Å²) in [6.45, 7) is 5.56. The Morgan fingerprint density at radius 3 is 2.57 bits per heavy atom. The highest BCUT2D eigenvalue weighted by molar-refractivity contribution is 5.80. The van der Waals surface area contributed by atoms with Gasteiger partial charge >= 0.3 is 5.92 Å². The van der Waals surface area contributed by atoms with Crippen LogP contribution in [0, 0.1) is 11.3 Å². The number of rotatable bonds is 9. The third-order valence-corrected chi connectivity index (χ3v) is 8.62. The summed E-state index contributed by atoms with van der Waals surface area (Å²) >= 11 is 0. The number of methoxy groups -OCH3 is 1. The number of anilines is 3. The number of aliphatic hydroxyl groups excluding tert-OH is 1. The molecule has 0 saturated carbocycles. The molecule has 13 nitrogen and oxygen atoms in total. The molecule has 5 heterocycles. The van der Waals surface area contributed by atoms with Crippen LogP contribution < -0.4 is 19.7 Å². The molecule has 2 atom stereocenters. The number of nitriles is 1. The van der Waals surface area contributed by atoms with E-state index >= 15 is 0 Å². The van der Waals surface area contributed by atoms with Crippen molar-refractivity contribution in [1.29, 1.82) is 5.26 Å². The van der Waals surface area contributed by atoms with Crippen LogP contribution in [0.5, 0.6) is 11.6 Å². The molecule has 3 aliphatic heterocycles. The van der Waals surface area contributed by atoms with Gasteiger partial charge in [0.2, 0.25) is 5.88 Å². The zero-order chi connectivity index (χ0) is 33.1. The number of piperazine rings is 1. The molecule has 15 heteroatoms. The molecule has 3 aliphatic rings. The van der Waals surface area contributed by atoms with Gasteiger partial charge in [0.1, 0.15) is 41.6 Å².